The second-order valence-electron chi connectivity index (χ2n) is 5.83. The second-order valence-corrected chi connectivity index (χ2v) is 5.83. The molecule has 1 aromatic rings. The molecule has 0 bridgehead atoms. The van der Waals surface area contributed by atoms with Gasteiger partial charge in [0.15, 0.2) is 11.5 Å². The average Bonchev–Trinajstić information content (AvgIpc) is 2.47. The summed E-state index contributed by atoms with van der Waals surface area (Å²) in [6.45, 7) is 6.74. The lowest BCUT2D eigenvalue weighted by molar-refractivity contribution is 0.311. The van der Waals surface area contributed by atoms with Gasteiger partial charge in [-0.1, -0.05) is 13.8 Å². The molecule has 0 saturated carbocycles. The van der Waals surface area contributed by atoms with Crippen molar-refractivity contribution in [3.63, 3.8) is 0 Å². The van der Waals surface area contributed by atoms with Gasteiger partial charge < -0.3 is 20.1 Å². The number of anilines is 2. The van der Waals surface area contributed by atoms with Gasteiger partial charge in [-0.15, -0.1) is 0 Å². The molecule has 2 N–H and O–H groups in total. The Morgan fingerprint density at radius 1 is 1.10 bits per heavy atom. The van der Waals surface area contributed by atoms with Crippen molar-refractivity contribution in [3.8, 4) is 11.5 Å². The number of piperidine rings is 1. The van der Waals surface area contributed by atoms with E-state index in [0.29, 0.717) is 5.75 Å². The van der Waals surface area contributed by atoms with Crippen molar-refractivity contribution >= 4 is 11.4 Å². The van der Waals surface area contributed by atoms with Gasteiger partial charge in [0.05, 0.1) is 25.6 Å². The molecule has 1 saturated heterocycles. The summed E-state index contributed by atoms with van der Waals surface area (Å²) in [7, 11) is 3.29. The Hall–Kier alpha value is -1.58. The van der Waals surface area contributed by atoms with E-state index < -0.39 is 0 Å². The predicted octanol–water partition coefficient (Wildman–Crippen LogP) is 3.16. The van der Waals surface area contributed by atoms with Crippen LogP contribution in [0.15, 0.2) is 12.1 Å². The van der Waals surface area contributed by atoms with Crippen molar-refractivity contribution in [3.05, 3.63) is 12.1 Å². The zero-order chi connectivity index (χ0) is 14.7. The summed E-state index contributed by atoms with van der Waals surface area (Å²) in [5.41, 5.74) is 7.98. The van der Waals surface area contributed by atoms with Crippen LogP contribution in [0.1, 0.15) is 26.7 Å². The Bertz CT molecular complexity index is 452. The minimum atomic E-state index is 0.686. The van der Waals surface area contributed by atoms with Crippen LogP contribution in [0.25, 0.3) is 0 Å². The van der Waals surface area contributed by atoms with Gasteiger partial charge >= 0.3 is 0 Å². The van der Waals surface area contributed by atoms with Crippen LogP contribution in [0, 0.1) is 11.8 Å². The molecule has 1 aliphatic heterocycles. The quantitative estimate of drug-likeness (QED) is 0.859. The van der Waals surface area contributed by atoms with Gasteiger partial charge in [0.1, 0.15) is 0 Å². The van der Waals surface area contributed by atoms with Crippen molar-refractivity contribution in [2.45, 2.75) is 26.7 Å². The molecule has 4 heteroatoms. The Morgan fingerprint density at radius 3 is 2.15 bits per heavy atom. The molecule has 0 radical (unpaired) electrons. The topological polar surface area (TPSA) is 47.7 Å². The number of nitrogen functional groups attached to an aromatic ring is 1. The van der Waals surface area contributed by atoms with Crippen LogP contribution < -0.4 is 20.1 Å². The molecule has 0 aromatic heterocycles. The van der Waals surface area contributed by atoms with E-state index in [1.54, 1.807) is 14.2 Å². The molecule has 0 atom stereocenters. The van der Waals surface area contributed by atoms with E-state index in [2.05, 4.69) is 18.7 Å². The average molecular weight is 278 g/mol. The Kier molecular flexibility index (Phi) is 4.63. The minimum Gasteiger partial charge on any atom is -0.493 e. The summed E-state index contributed by atoms with van der Waals surface area (Å²) in [6.07, 6.45) is 2.46. The third-order valence-electron chi connectivity index (χ3n) is 4.36. The van der Waals surface area contributed by atoms with Crippen LogP contribution in [-0.2, 0) is 0 Å². The molecule has 0 spiro atoms. The van der Waals surface area contributed by atoms with Crippen molar-refractivity contribution in [1.82, 2.24) is 0 Å². The molecule has 0 aliphatic carbocycles. The standard InChI is InChI=1S/C16H26N2O2/c1-11(2)12-5-7-18(8-6-12)14-10-16(20-4)15(19-3)9-13(14)17/h9-12H,5-8,17H2,1-4H3. The van der Waals surface area contributed by atoms with Crippen LogP contribution in [0.3, 0.4) is 0 Å². The van der Waals surface area contributed by atoms with Gasteiger partial charge in [-0.3, -0.25) is 0 Å². The maximum absolute atomic E-state index is 6.17. The van der Waals surface area contributed by atoms with Gasteiger partial charge in [0.2, 0.25) is 0 Å². The molecular formula is C16H26N2O2. The fourth-order valence-corrected chi connectivity index (χ4v) is 2.96. The number of rotatable bonds is 4. The van der Waals surface area contributed by atoms with Crippen LogP contribution in [-0.4, -0.2) is 27.3 Å². The molecule has 4 nitrogen and oxygen atoms in total. The minimum absolute atomic E-state index is 0.686. The molecule has 112 valence electrons. The highest BCUT2D eigenvalue weighted by atomic mass is 16.5. The number of hydrogen-bond acceptors (Lipinski definition) is 4. The van der Waals surface area contributed by atoms with Gasteiger partial charge in [-0.25, -0.2) is 0 Å². The first-order valence-corrected chi connectivity index (χ1v) is 7.33. The van der Waals surface area contributed by atoms with Crippen LogP contribution in [0.4, 0.5) is 11.4 Å². The lowest BCUT2D eigenvalue weighted by Gasteiger charge is -2.36. The largest absolute Gasteiger partial charge is 0.493 e. The van der Waals surface area contributed by atoms with E-state index >= 15 is 0 Å². The summed E-state index contributed by atoms with van der Waals surface area (Å²) < 4.78 is 10.7. The first-order valence-electron chi connectivity index (χ1n) is 7.33. The zero-order valence-electron chi connectivity index (χ0n) is 13.0. The van der Waals surface area contributed by atoms with E-state index in [0.717, 1.165) is 42.0 Å². The molecule has 0 amide bonds. The first kappa shape index (κ1) is 14.8. The SMILES string of the molecule is COc1cc(N)c(N2CCC(C(C)C)CC2)cc1OC. The Morgan fingerprint density at radius 2 is 1.65 bits per heavy atom. The molecular weight excluding hydrogens is 252 g/mol. The Labute approximate surface area is 121 Å². The molecule has 2 rings (SSSR count). The lowest BCUT2D eigenvalue weighted by atomic mass is 9.86. The molecule has 1 fully saturated rings. The third-order valence-corrected chi connectivity index (χ3v) is 4.36. The molecule has 20 heavy (non-hydrogen) atoms. The normalized spacial score (nSPS) is 16.6. The van der Waals surface area contributed by atoms with Crippen LogP contribution >= 0.6 is 0 Å². The number of nitrogens with zero attached hydrogens (tertiary/aromatic N) is 1. The molecule has 1 aliphatic rings. The Balaban J connectivity index is 2.17. The van der Waals surface area contributed by atoms with E-state index in [9.17, 15) is 0 Å². The van der Waals surface area contributed by atoms with Crippen LogP contribution in [0.5, 0.6) is 11.5 Å². The highest BCUT2D eigenvalue weighted by Gasteiger charge is 2.23. The van der Waals surface area contributed by atoms with Gasteiger partial charge in [0, 0.05) is 25.2 Å². The highest BCUT2D eigenvalue weighted by molar-refractivity contribution is 5.73. The number of methoxy groups -OCH3 is 2. The van der Waals surface area contributed by atoms with Gasteiger partial charge in [-0.05, 0) is 24.7 Å². The van der Waals surface area contributed by atoms with Gasteiger partial charge in [0.25, 0.3) is 0 Å². The fourth-order valence-electron chi connectivity index (χ4n) is 2.96. The first-order chi connectivity index (χ1) is 9.56. The van der Waals surface area contributed by atoms with E-state index in [4.69, 9.17) is 15.2 Å². The maximum Gasteiger partial charge on any atom is 0.162 e. The number of hydrogen-bond donors (Lipinski definition) is 1. The van der Waals surface area contributed by atoms with E-state index in [1.807, 2.05) is 12.1 Å². The number of ether oxygens (including phenoxy) is 2. The summed E-state index contributed by atoms with van der Waals surface area (Å²) in [5, 5.41) is 0. The summed E-state index contributed by atoms with van der Waals surface area (Å²) >= 11 is 0. The van der Waals surface area contributed by atoms with Crippen LogP contribution in [0.2, 0.25) is 0 Å². The van der Waals surface area contributed by atoms with Crippen molar-refractivity contribution < 1.29 is 9.47 Å². The summed E-state index contributed by atoms with van der Waals surface area (Å²) in [4.78, 5) is 2.36. The summed E-state index contributed by atoms with van der Waals surface area (Å²) in [5.74, 6) is 3.01. The lowest BCUT2D eigenvalue weighted by Crippen LogP contribution is -2.35. The smallest absolute Gasteiger partial charge is 0.162 e. The van der Waals surface area contributed by atoms with E-state index in [1.165, 1.54) is 12.8 Å². The molecule has 1 heterocycles. The third kappa shape index (κ3) is 2.94. The predicted molar refractivity (Wildman–Crippen MR) is 83.7 cm³/mol. The number of benzene rings is 1. The number of nitrogens with two attached hydrogens (primary N) is 1. The summed E-state index contributed by atoms with van der Waals surface area (Å²) in [6, 6.07) is 3.84. The second kappa shape index (κ2) is 6.25. The van der Waals surface area contributed by atoms with Crippen molar-refractivity contribution in [1.29, 1.82) is 0 Å². The zero-order valence-corrected chi connectivity index (χ0v) is 13.0. The van der Waals surface area contributed by atoms with Crippen molar-refractivity contribution in [2.24, 2.45) is 11.8 Å². The molecule has 0 unspecified atom stereocenters. The van der Waals surface area contributed by atoms with Crippen molar-refractivity contribution in [2.75, 3.05) is 37.9 Å². The monoisotopic (exact) mass is 278 g/mol. The maximum atomic E-state index is 6.17. The molecule has 1 aromatic carbocycles. The van der Waals surface area contributed by atoms with E-state index in [-0.39, 0.29) is 0 Å². The highest BCUT2D eigenvalue weighted by Crippen LogP contribution is 2.38. The fraction of sp³-hybridized carbons (Fsp3) is 0.625. The van der Waals surface area contributed by atoms with Gasteiger partial charge in [-0.2, -0.15) is 0 Å².